The van der Waals surface area contributed by atoms with E-state index in [2.05, 4.69) is 5.32 Å². The lowest BCUT2D eigenvalue weighted by Gasteiger charge is -1.97. The summed E-state index contributed by atoms with van der Waals surface area (Å²) in [6.45, 7) is 2.43. The van der Waals surface area contributed by atoms with Crippen LogP contribution in [0.25, 0.3) is 0 Å². The summed E-state index contributed by atoms with van der Waals surface area (Å²) in [6.07, 6.45) is -0.213. The van der Waals surface area contributed by atoms with Crippen molar-refractivity contribution in [2.45, 2.75) is 13.0 Å². The van der Waals surface area contributed by atoms with Crippen molar-refractivity contribution in [3.05, 3.63) is 0 Å². The molecule has 2 nitrogen and oxygen atoms in total. The topological polar surface area (TPSA) is 32.3 Å². The fourth-order valence-corrected chi connectivity index (χ4v) is 0.295. The Labute approximate surface area is 50.3 Å². The highest BCUT2D eigenvalue weighted by Gasteiger charge is 1.86. The van der Waals surface area contributed by atoms with Crippen molar-refractivity contribution in [1.82, 2.24) is 5.32 Å². The Bertz CT molecular complexity index is 32.9. The van der Waals surface area contributed by atoms with E-state index in [1.807, 2.05) is 7.05 Å². The van der Waals surface area contributed by atoms with E-state index in [-0.39, 0.29) is 18.5 Å². The van der Waals surface area contributed by atoms with Crippen LogP contribution < -0.4 is 5.32 Å². The van der Waals surface area contributed by atoms with Crippen LogP contribution in [0.15, 0.2) is 0 Å². The van der Waals surface area contributed by atoms with Crippen LogP contribution >= 0.6 is 12.4 Å². The molecule has 0 aromatic rings. The van der Waals surface area contributed by atoms with Crippen LogP contribution in [0.2, 0.25) is 0 Å². The van der Waals surface area contributed by atoms with Gasteiger partial charge < -0.3 is 10.4 Å². The monoisotopic (exact) mass is 125 g/mol. The Morgan fingerprint density at radius 2 is 2.14 bits per heavy atom. The van der Waals surface area contributed by atoms with Crippen molar-refractivity contribution in [1.29, 1.82) is 0 Å². The van der Waals surface area contributed by atoms with Gasteiger partial charge in [-0.25, -0.2) is 0 Å². The normalized spacial score (nSPS) is 12.4. The van der Waals surface area contributed by atoms with E-state index in [0.717, 1.165) is 0 Å². The second kappa shape index (κ2) is 6.21. The van der Waals surface area contributed by atoms with E-state index in [0.29, 0.717) is 6.54 Å². The van der Waals surface area contributed by atoms with Gasteiger partial charge >= 0.3 is 0 Å². The number of halogens is 1. The SMILES string of the molecule is CNC[C@H](C)O.Cl. The highest BCUT2D eigenvalue weighted by atomic mass is 35.5. The zero-order valence-electron chi connectivity index (χ0n) is 4.64. The summed E-state index contributed by atoms with van der Waals surface area (Å²) in [5.74, 6) is 0. The Morgan fingerprint density at radius 3 is 2.14 bits per heavy atom. The third-order valence-electron chi connectivity index (χ3n) is 0.500. The molecular weight excluding hydrogens is 114 g/mol. The summed E-state index contributed by atoms with van der Waals surface area (Å²) in [4.78, 5) is 0. The molecule has 0 spiro atoms. The number of hydrogen-bond acceptors (Lipinski definition) is 2. The van der Waals surface area contributed by atoms with Crippen LogP contribution in [0.5, 0.6) is 0 Å². The number of hydrogen-bond donors (Lipinski definition) is 2. The van der Waals surface area contributed by atoms with E-state index in [9.17, 15) is 0 Å². The molecule has 0 unspecified atom stereocenters. The van der Waals surface area contributed by atoms with E-state index in [1.165, 1.54) is 0 Å². The van der Waals surface area contributed by atoms with Gasteiger partial charge in [-0.3, -0.25) is 0 Å². The maximum absolute atomic E-state index is 8.49. The maximum atomic E-state index is 8.49. The number of aliphatic hydroxyl groups excluding tert-OH is 1. The van der Waals surface area contributed by atoms with Gasteiger partial charge in [-0.2, -0.15) is 0 Å². The van der Waals surface area contributed by atoms with Crippen LogP contribution in [0.1, 0.15) is 6.92 Å². The van der Waals surface area contributed by atoms with Gasteiger partial charge in [0.2, 0.25) is 0 Å². The van der Waals surface area contributed by atoms with Crippen molar-refractivity contribution in [3.63, 3.8) is 0 Å². The third kappa shape index (κ3) is 10.7. The largest absolute Gasteiger partial charge is 0.392 e. The molecule has 0 bridgehead atoms. The van der Waals surface area contributed by atoms with Gasteiger partial charge in [-0.05, 0) is 14.0 Å². The molecule has 3 heteroatoms. The minimum Gasteiger partial charge on any atom is -0.392 e. The van der Waals surface area contributed by atoms with Crippen LogP contribution in [0.4, 0.5) is 0 Å². The molecule has 0 aliphatic carbocycles. The van der Waals surface area contributed by atoms with Crippen molar-refractivity contribution < 1.29 is 5.11 Å². The van der Waals surface area contributed by atoms with E-state index in [4.69, 9.17) is 5.11 Å². The highest BCUT2D eigenvalue weighted by Crippen LogP contribution is 1.69. The highest BCUT2D eigenvalue weighted by molar-refractivity contribution is 5.85. The molecule has 0 saturated carbocycles. The van der Waals surface area contributed by atoms with E-state index < -0.39 is 0 Å². The lowest BCUT2D eigenvalue weighted by molar-refractivity contribution is 0.194. The summed E-state index contributed by atoms with van der Waals surface area (Å²) in [7, 11) is 1.81. The van der Waals surface area contributed by atoms with Crippen molar-refractivity contribution >= 4 is 12.4 Å². The molecule has 46 valence electrons. The first kappa shape index (κ1) is 10.2. The van der Waals surface area contributed by atoms with E-state index >= 15 is 0 Å². The van der Waals surface area contributed by atoms with Gasteiger partial charge in [0.15, 0.2) is 0 Å². The predicted octanol–water partition coefficient (Wildman–Crippen LogP) is 0.00840. The zero-order chi connectivity index (χ0) is 4.99. The molecule has 0 radical (unpaired) electrons. The number of nitrogens with one attached hydrogen (secondary N) is 1. The zero-order valence-corrected chi connectivity index (χ0v) is 5.46. The lowest BCUT2D eigenvalue weighted by Crippen LogP contribution is -2.19. The Hall–Kier alpha value is 0.210. The number of likely N-dealkylation sites (N-methyl/N-ethyl adjacent to an activating group) is 1. The van der Waals surface area contributed by atoms with Gasteiger partial charge in [0.05, 0.1) is 6.10 Å². The smallest absolute Gasteiger partial charge is 0.0636 e. The Balaban J connectivity index is 0. The van der Waals surface area contributed by atoms with Crippen LogP contribution in [0.3, 0.4) is 0 Å². The van der Waals surface area contributed by atoms with Crippen molar-refractivity contribution in [2.24, 2.45) is 0 Å². The summed E-state index contributed by atoms with van der Waals surface area (Å²) >= 11 is 0. The fraction of sp³-hybridized carbons (Fsp3) is 1.00. The first-order valence-corrected chi connectivity index (χ1v) is 2.10. The molecule has 0 aromatic carbocycles. The Kier molecular flexibility index (Phi) is 9.09. The summed E-state index contributed by atoms with van der Waals surface area (Å²) in [5.41, 5.74) is 0. The van der Waals surface area contributed by atoms with Gasteiger partial charge in [0.25, 0.3) is 0 Å². The number of rotatable bonds is 2. The molecule has 1 atom stereocenters. The van der Waals surface area contributed by atoms with Gasteiger partial charge in [-0.1, -0.05) is 0 Å². The predicted molar refractivity (Wildman–Crippen MR) is 32.9 cm³/mol. The number of aliphatic hydroxyl groups is 1. The average molecular weight is 126 g/mol. The standard InChI is InChI=1S/C4H11NO.ClH/c1-4(6)3-5-2;/h4-6H,3H2,1-2H3;1H/t4-;/m0./s1. The molecule has 7 heavy (non-hydrogen) atoms. The maximum Gasteiger partial charge on any atom is 0.0636 e. The van der Waals surface area contributed by atoms with Gasteiger partial charge in [-0.15, -0.1) is 12.4 Å². The molecule has 2 N–H and O–H groups in total. The fourth-order valence-electron chi connectivity index (χ4n) is 0.295. The Morgan fingerprint density at radius 1 is 1.71 bits per heavy atom. The molecule has 0 aromatic heterocycles. The molecule has 0 saturated heterocycles. The first-order valence-electron chi connectivity index (χ1n) is 2.10. The molecule has 0 amide bonds. The molecule has 0 aliphatic heterocycles. The first-order chi connectivity index (χ1) is 2.77. The quantitative estimate of drug-likeness (QED) is 0.545. The van der Waals surface area contributed by atoms with Crippen LogP contribution in [-0.2, 0) is 0 Å². The molecule has 0 aliphatic rings. The molecule has 0 fully saturated rings. The van der Waals surface area contributed by atoms with Gasteiger partial charge in [0.1, 0.15) is 0 Å². The van der Waals surface area contributed by atoms with Crippen LogP contribution in [0, 0.1) is 0 Å². The van der Waals surface area contributed by atoms with Gasteiger partial charge in [0, 0.05) is 6.54 Å². The average Bonchev–Trinajstić information content (AvgIpc) is 1.35. The molecule has 0 heterocycles. The van der Waals surface area contributed by atoms with Crippen molar-refractivity contribution in [3.8, 4) is 0 Å². The third-order valence-corrected chi connectivity index (χ3v) is 0.500. The minimum absolute atomic E-state index is 0. The second-order valence-corrected chi connectivity index (χ2v) is 1.41. The van der Waals surface area contributed by atoms with Crippen molar-refractivity contribution in [2.75, 3.05) is 13.6 Å². The summed E-state index contributed by atoms with van der Waals surface area (Å²) < 4.78 is 0. The minimum atomic E-state index is -0.213. The molecule has 0 rings (SSSR count). The summed E-state index contributed by atoms with van der Waals surface area (Å²) in [5, 5.41) is 11.3. The van der Waals surface area contributed by atoms with Crippen LogP contribution in [-0.4, -0.2) is 24.8 Å². The summed E-state index contributed by atoms with van der Waals surface area (Å²) in [6, 6.07) is 0. The second-order valence-electron chi connectivity index (χ2n) is 1.41. The lowest BCUT2D eigenvalue weighted by atomic mass is 10.4. The molecular formula is C4H12ClNO. The van der Waals surface area contributed by atoms with E-state index in [1.54, 1.807) is 6.92 Å².